The molecular formula is C12H22O2S. The topological polar surface area (TPSA) is 26.3 Å². The van der Waals surface area contributed by atoms with Crippen molar-refractivity contribution in [1.82, 2.24) is 0 Å². The molecule has 0 saturated heterocycles. The third kappa shape index (κ3) is 4.94. The van der Waals surface area contributed by atoms with Crippen molar-refractivity contribution in [3.63, 3.8) is 0 Å². The van der Waals surface area contributed by atoms with Crippen molar-refractivity contribution in [2.75, 3.05) is 0 Å². The van der Waals surface area contributed by atoms with Crippen LogP contribution in [0.15, 0.2) is 12.2 Å². The SMILES string of the molecule is CC(C)(C)S(=O)OC1/C=C\CCCCC1. The van der Waals surface area contributed by atoms with Crippen LogP contribution >= 0.6 is 0 Å². The van der Waals surface area contributed by atoms with Crippen molar-refractivity contribution in [2.24, 2.45) is 0 Å². The lowest BCUT2D eigenvalue weighted by Gasteiger charge is -2.21. The molecule has 0 N–H and O–H groups in total. The van der Waals surface area contributed by atoms with E-state index in [1.54, 1.807) is 0 Å². The summed E-state index contributed by atoms with van der Waals surface area (Å²) >= 11 is -1.20. The molecular weight excluding hydrogens is 208 g/mol. The Morgan fingerprint density at radius 2 is 2.00 bits per heavy atom. The summed E-state index contributed by atoms with van der Waals surface area (Å²) in [7, 11) is 0. The summed E-state index contributed by atoms with van der Waals surface area (Å²) in [5, 5.41) is 0. The molecule has 1 rings (SSSR count). The van der Waals surface area contributed by atoms with Gasteiger partial charge in [-0.25, -0.2) is 4.21 Å². The van der Waals surface area contributed by atoms with Gasteiger partial charge < -0.3 is 0 Å². The van der Waals surface area contributed by atoms with Crippen LogP contribution in [0.2, 0.25) is 0 Å². The highest BCUT2D eigenvalue weighted by Gasteiger charge is 2.23. The number of hydrogen-bond acceptors (Lipinski definition) is 2. The van der Waals surface area contributed by atoms with Gasteiger partial charge in [-0.05, 0) is 40.0 Å². The fourth-order valence-electron chi connectivity index (χ4n) is 1.47. The van der Waals surface area contributed by atoms with Crippen LogP contribution < -0.4 is 0 Å². The molecule has 0 aromatic carbocycles. The second-order valence-corrected chi connectivity index (χ2v) is 6.93. The Labute approximate surface area is 95.8 Å². The van der Waals surface area contributed by atoms with Crippen LogP contribution in [0.3, 0.4) is 0 Å². The average molecular weight is 230 g/mol. The summed E-state index contributed by atoms with van der Waals surface area (Å²) in [5.74, 6) is 0. The molecule has 15 heavy (non-hydrogen) atoms. The summed E-state index contributed by atoms with van der Waals surface area (Å²) in [4.78, 5) is 0. The largest absolute Gasteiger partial charge is 0.283 e. The lowest BCUT2D eigenvalue weighted by atomic mass is 10.0. The molecule has 2 unspecified atom stereocenters. The molecule has 0 aromatic rings. The molecule has 0 radical (unpaired) electrons. The third-order valence-electron chi connectivity index (χ3n) is 2.42. The zero-order valence-electron chi connectivity index (χ0n) is 9.99. The van der Waals surface area contributed by atoms with Crippen molar-refractivity contribution >= 4 is 11.1 Å². The first kappa shape index (κ1) is 12.9. The van der Waals surface area contributed by atoms with E-state index < -0.39 is 11.1 Å². The van der Waals surface area contributed by atoms with Gasteiger partial charge in [-0.3, -0.25) is 4.18 Å². The highest BCUT2D eigenvalue weighted by atomic mass is 32.2. The molecule has 2 atom stereocenters. The predicted molar refractivity (Wildman–Crippen MR) is 65.0 cm³/mol. The molecule has 3 heteroatoms. The Balaban J connectivity index is 2.48. The predicted octanol–water partition coefficient (Wildman–Crippen LogP) is 3.35. The second kappa shape index (κ2) is 5.80. The fraction of sp³-hybridized carbons (Fsp3) is 0.833. The Morgan fingerprint density at radius 1 is 1.27 bits per heavy atom. The van der Waals surface area contributed by atoms with Crippen molar-refractivity contribution < 1.29 is 8.39 Å². The van der Waals surface area contributed by atoms with Crippen LogP contribution in [0.25, 0.3) is 0 Å². The lowest BCUT2D eigenvalue weighted by Crippen LogP contribution is -2.27. The molecule has 0 aliphatic heterocycles. The average Bonchev–Trinajstić information content (AvgIpc) is 2.07. The minimum Gasteiger partial charge on any atom is -0.283 e. The van der Waals surface area contributed by atoms with Gasteiger partial charge in [0.2, 0.25) is 0 Å². The van der Waals surface area contributed by atoms with Crippen LogP contribution in [0.5, 0.6) is 0 Å². The Kier molecular flexibility index (Phi) is 5.00. The highest BCUT2D eigenvalue weighted by Crippen LogP contribution is 2.19. The quantitative estimate of drug-likeness (QED) is 0.680. The molecule has 0 heterocycles. The molecule has 0 spiro atoms. The van der Waals surface area contributed by atoms with Gasteiger partial charge in [0.25, 0.3) is 0 Å². The van der Waals surface area contributed by atoms with E-state index >= 15 is 0 Å². The van der Waals surface area contributed by atoms with Crippen molar-refractivity contribution in [3.8, 4) is 0 Å². The molecule has 0 amide bonds. The lowest BCUT2D eigenvalue weighted by molar-refractivity contribution is 0.249. The van der Waals surface area contributed by atoms with Crippen molar-refractivity contribution in [1.29, 1.82) is 0 Å². The van der Waals surface area contributed by atoms with Crippen LogP contribution in [0.1, 0.15) is 52.9 Å². The summed E-state index contributed by atoms with van der Waals surface area (Å²) in [6.07, 6.45) is 10.1. The molecule has 0 saturated carbocycles. The zero-order chi connectivity index (χ0) is 11.3. The number of rotatable bonds is 2. The summed E-state index contributed by atoms with van der Waals surface area (Å²) in [6, 6.07) is 0. The van der Waals surface area contributed by atoms with Crippen molar-refractivity contribution in [2.45, 2.75) is 63.7 Å². The Morgan fingerprint density at radius 3 is 2.67 bits per heavy atom. The molecule has 2 nitrogen and oxygen atoms in total. The van der Waals surface area contributed by atoms with Gasteiger partial charge in [-0.2, -0.15) is 0 Å². The van der Waals surface area contributed by atoms with Gasteiger partial charge in [-0.15, -0.1) is 0 Å². The first-order chi connectivity index (χ1) is 7.00. The van der Waals surface area contributed by atoms with Crippen LogP contribution in [-0.4, -0.2) is 15.1 Å². The highest BCUT2D eigenvalue weighted by molar-refractivity contribution is 7.81. The van der Waals surface area contributed by atoms with E-state index in [0.717, 1.165) is 12.8 Å². The van der Waals surface area contributed by atoms with Crippen LogP contribution in [0, 0.1) is 0 Å². The van der Waals surface area contributed by atoms with Gasteiger partial charge in [0.15, 0.2) is 11.1 Å². The van der Waals surface area contributed by atoms with E-state index in [1.807, 2.05) is 20.8 Å². The Bertz CT molecular complexity index is 240. The van der Waals surface area contributed by atoms with Crippen molar-refractivity contribution in [3.05, 3.63) is 12.2 Å². The fourth-order valence-corrected chi connectivity index (χ4v) is 2.14. The first-order valence-corrected chi connectivity index (χ1v) is 6.83. The van der Waals surface area contributed by atoms with Gasteiger partial charge in [-0.1, -0.05) is 25.0 Å². The molecule has 88 valence electrons. The van der Waals surface area contributed by atoms with E-state index in [2.05, 4.69) is 12.2 Å². The maximum absolute atomic E-state index is 11.8. The maximum atomic E-state index is 11.8. The minimum absolute atomic E-state index is 0.0466. The van der Waals surface area contributed by atoms with Crippen LogP contribution in [-0.2, 0) is 15.3 Å². The molecule has 0 fully saturated rings. The van der Waals surface area contributed by atoms with E-state index in [-0.39, 0.29) is 10.9 Å². The van der Waals surface area contributed by atoms with E-state index in [1.165, 1.54) is 19.3 Å². The van der Waals surface area contributed by atoms with E-state index in [0.29, 0.717) is 0 Å². The molecule has 1 aliphatic carbocycles. The van der Waals surface area contributed by atoms with Gasteiger partial charge in [0.05, 0.1) is 10.9 Å². The van der Waals surface area contributed by atoms with E-state index in [4.69, 9.17) is 4.18 Å². The minimum atomic E-state index is -1.20. The zero-order valence-corrected chi connectivity index (χ0v) is 10.8. The Hall–Kier alpha value is -0.150. The summed E-state index contributed by atoms with van der Waals surface area (Å²) in [6.45, 7) is 5.82. The smallest absolute Gasteiger partial charge is 0.161 e. The van der Waals surface area contributed by atoms with Crippen LogP contribution in [0.4, 0.5) is 0 Å². The normalized spacial score (nSPS) is 27.8. The third-order valence-corrected chi connectivity index (χ3v) is 3.84. The second-order valence-electron chi connectivity index (χ2n) is 5.05. The monoisotopic (exact) mass is 230 g/mol. The molecule has 0 bridgehead atoms. The first-order valence-electron chi connectivity index (χ1n) is 5.76. The number of hydrogen-bond donors (Lipinski definition) is 0. The molecule has 0 aromatic heterocycles. The maximum Gasteiger partial charge on any atom is 0.161 e. The van der Waals surface area contributed by atoms with Gasteiger partial charge >= 0.3 is 0 Å². The number of allylic oxidation sites excluding steroid dienone is 1. The van der Waals surface area contributed by atoms with E-state index in [9.17, 15) is 4.21 Å². The van der Waals surface area contributed by atoms with Gasteiger partial charge in [0, 0.05) is 0 Å². The standard InChI is InChI=1S/C12H22O2S/c1-12(2,3)15(13)14-11-9-7-5-4-6-8-10-11/h7,9,11H,4-6,8,10H2,1-3H3/b9-7-. The molecule has 1 aliphatic rings. The summed E-state index contributed by atoms with van der Waals surface area (Å²) < 4.78 is 17.1. The van der Waals surface area contributed by atoms with Gasteiger partial charge in [0.1, 0.15) is 0 Å². The summed E-state index contributed by atoms with van der Waals surface area (Å²) in [5.41, 5.74) is 0.